The van der Waals surface area contributed by atoms with E-state index >= 15 is 0 Å². The number of carboxylic acids is 1. The van der Waals surface area contributed by atoms with E-state index in [9.17, 15) is 4.79 Å². The summed E-state index contributed by atoms with van der Waals surface area (Å²) in [5.74, 6) is 0.362. The molecule has 0 aromatic rings. The Bertz CT molecular complexity index is 191. The van der Waals surface area contributed by atoms with E-state index in [2.05, 4.69) is 13.8 Å². The Morgan fingerprint density at radius 1 is 1.31 bits per heavy atom. The summed E-state index contributed by atoms with van der Waals surface area (Å²) in [6.07, 6.45) is 4.70. The normalized spacial score (nSPS) is 13.0. The summed E-state index contributed by atoms with van der Waals surface area (Å²) in [6.45, 7) is 6.84. The van der Waals surface area contributed by atoms with Gasteiger partial charge in [-0.15, -0.1) is 0 Å². The summed E-state index contributed by atoms with van der Waals surface area (Å²) in [4.78, 5) is 10.9. The lowest BCUT2D eigenvalue weighted by Gasteiger charge is -2.23. The molecule has 0 rings (SSSR count). The third-order valence-electron chi connectivity index (χ3n) is 2.21. The van der Waals surface area contributed by atoms with Crippen molar-refractivity contribution in [1.29, 1.82) is 0 Å². The predicted molar refractivity (Wildman–Crippen MR) is 73.7 cm³/mol. The number of carboxylic acid groups (broad SMARTS) is 1. The summed E-state index contributed by atoms with van der Waals surface area (Å²) in [7, 11) is 3.37. The van der Waals surface area contributed by atoms with E-state index in [4.69, 9.17) is 5.11 Å². The lowest BCUT2D eigenvalue weighted by atomic mass is 10.3. The molecule has 5 heteroatoms. The molecule has 0 radical (unpaired) electrons. The van der Waals surface area contributed by atoms with Gasteiger partial charge in [0.15, 0.2) is 0 Å². The Labute approximate surface area is 107 Å². The molecule has 0 saturated heterocycles. The summed E-state index contributed by atoms with van der Waals surface area (Å²) >= 11 is 0. The minimum absolute atomic E-state index is 0.399. The van der Waals surface area contributed by atoms with Crippen molar-refractivity contribution < 1.29 is 9.90 Å². The third-order valence-corrected chi connectivity index (χ3v) is 4.85. The number of hydrogen-bond acceptors (Lipinski definition) is 4. The first-order valence-corrected chi connectivity index (χ1v) is 8.20. The number of unbranched alkanes of at least 4 members (excludes halogenated alkanes) is 2. The number of nitrogens with zero attached hydrogens (tertiary/aromatic N) is 1. The molecule has 0 aliphatic rings. The standard InChI is InChI=1S/C11H23NO2S2/c1-4-6-7-9-15-16-12(8-5-2)10(3)11(13)14/h10H,4-9H2,1-3H3,(H,13,14). The second-order valence-electron chi connectivity index (χ2n) is 3.76. The van der Waals surface area contributed by atoms with Gasteiger partial charge in [0.25, 0.3) is 0 Å². The van der Waals surface area contributed by atoms with Crippen molar-refractivity contribution in [3.05, 3.63) is 0 Å². The molecule has 0 saturated carbocycles. The van der Waals surface area contributed by atoms with Gasteiger partial charge in [0.05, 0.1) is 0 Å². The molecule has 96 valence electrons. The fraction of sp³-hybridized carbons (Fsp3) is 0.909. The van der Waals surface area contributed by atoms with Crippen molar-refractivity contribution in [2.45, 2.75) is 52.5 Å². The first-order valence-electron chi connectivity index (χ1n) is 5.92. The van der Waals surface area contributed by atoms with Crippen molar-refractivity contribution >= 4 is 27.7 Å². The van der Waals surface area contributed by atoms with Crippen LogP contribution in [0.2, 0.25) is 0 Å². The molecule has 0 fully saturated rings. The maximum atomic E-state index is 10.9. The van der Waals surface area contributed by atoms with E-state index in [1.165, 1.54) is 19.3 Å². The molecule has 0 heterocycles. The lowest BCUT2D eigenvalue weighted by Crippen LogP contribution is -2.33. The zero-order valence-electron chi connectivity index (χ0n) is 10.4. The van der Waals surface area contributed by atoms with Gasteiger partial charge >= 0.3 is 5.97 Å². The van der Waals surface area contributed by atoms with Crippen LogP contribution in [0.3, 0.4) is 0 Å². The second-order valence-corrected chi connectivity index (χ2v) is 6.17. The summed E-state index contributed by atoms with van der Waals surface area (Å²) < 4.78 is 1.96. The van der Waals surface area contributed by atoms with Crippen molar-refractivity contribution in [2.75, 3.05) is 12.3 Å². The van der Waals surface area contributed by atoms with Gasteiger partial charge in [-0.3, -0.25) is 4.79 Å². The lowest BCUT2D eigenvalue weighted by molar-refractivity contribution is -0.140. The number of aliphatic carboxylic acids is 1. The Kier molecular flexibility index (Phi) is 10.4. The zero-order chi connectivity index (χ0) is 12.4. The average molecular weight is 265 g/mol. The molecule has 16 heavy (non-hydrogen) atoms. The highest BCUT2D eigenvalue weighted by molar-refractivity contribution is 8.75. The highest BCUT2D eigenvalue weighted by Crippen LogP contribution is 2.29. The predicted octanol–water partition coefficient (Wildman–Crippen LogP) is 3.66. The van der Waals surface area contributed by atoms with Crippen LogP contribution in [-0.2, 0) is 4.79 Å². The van der Waals surface area contributed by atoms with Crippen LogP contribution in [0.25, 0.3) is 0 Å². The largest absolute Gasteiger partial charge is 0.480 e. The highest BCUT2D eigenvalue weighted by Gasteiger charge is 2.20. The topological polar surface area (TPSA) is 40.5 Å². The van der Waals surface area contributed by atoms with E-state index in [0.29, 0.717) is 0 Å². The van der Waals surface area contributed by atoms with Crippen molar-refractivity contribution in [3.63, 3.8) is 0 Å². The Hall–Kier alpha value is 0.130. The van der Waals surface area contributed by atoms with E-state index < -0.39 is 12.0 Å². The number of rotatable bonds is 10. The van der Waals surface area contributed by atoms with Gasteiger partial charge in [0.1, 0.15) is 6.04 Å². The first-order chi connectivity index (χ1) is 7.63. The van der Waals surface area contributed by atoms with Crippen LogP contribution in [0.15, 0.2) is 0 Å². The van der Waals surface area contributed by atoms with Crippen LogP contribution in [0.1, 0.15) is 46.5 Å². The molecule has 0 aromatic heterocycles. The molecule has 1 N–H and O–H groups in total. The van der Waals surface area contributed by atoms with Crippen molar-refractivity contribution in [3.8, 4) is 0 Å². The summed E-state index contributed by atoms with van der Waals surface area (Å²) in [5.41, 5.74) is 0. The average Bonchev–Trinajstić information content (AvgIpc) is 2.26. The molecule has 1 unspecified atom stereocenters. The van der Waals surface area contributed by atoms with Crippen LogP contribution in [-0.4, -0.2) is 33.7 Å². The summed E-state index contributed by atoms with van der Waals surface area (Å²) in [5, 5.41) is 8.96. The molecular formula is C11H23NO2S2. The SMILES string of the molecule is CCCCCSSN(CCC)C(C)C(=O)O. The number of carbonyl (C=O) groups is 1. The van der Waals surface area contributed by atoms with Crippen LogP contribution >= 0.6 is 21.8 Å². The van der Waals surface area contributed by atoms with E-state index in [1.54, 1.807) is 28.7 Å². The van der Waals surface area contributed by atoms with E-state index in [1.807, 2.05) is 4.31 Å². The minimum atomic E-state index is -0.741. The van der Waals surface area contributed by atoms with E-state index in [-0.39, 0.29) is 0 Å². The molecule has 0 aliphatic carbocycles. The fourth-order valence-corrected chi connectivity index (χ4v) is 3.76. The smallest absolute Gasteiger partial charge is 0.321 e. The van der Waals surface area contributed by atoms with Crippen LogP contribution in [0.5, 0.6) is 0 Å². The highest BCUT2D eigenvalue weighted by atomic mass is 33.1. The number of hydrogen-bond donors (Lipinski definition) is 1. The molecule has 0 spiro atoms. The molecule has 1 atom stereocenters. The zero-order valence-corrected chi connectivity index (χ0v) is 12.1. The molecule has 0 amide bonds. The minimum Gasteiger partial charge on any atom is -0.480 e. The van der Waals surface area contributed by atoms with Crippen LogP contribution in [0.4, 0.5) is 0 Å². The quantitative estimate of drug-likeness (QED) is 0.371. The van der Waals surface area contributed by atoms with Gasteiger partial charge in [-0.25, -0.2) is 4.31 Å². The molecular weight excluding hydrogens is 242 g/mol. The monoisotopic (exact) mass is 265 g/mol. The Balaban J connectivity index is 3.80. The van der Waals surface area contributed by atoms with Gasteiger partial charge in [-0.2, -0.15) is 0 Å². The molecule has 0 aromatic carbocycles. The van der Waals surface area contributed by atoms with Crippen LogP contribution in [0, 0.1) is 0 Å². The Morgan fingerprint density at radius 2 is 2.00 bits per heavy atom. The van der Waals surface area contributed by atoms with Gasteiger partial charge in [0.2, 0.25) is 0 Å². The Morgan fingerprint density at radius 3 is 2.50 bits per heavy atom. The van der Waals surface area contributed by atoms with Crippen molar-refractivity contribution in [2.24, 2.45) is 0 Å². The van der Waals surface area contributed by atoms with Gasteiger partial charge < -0.3 is 5.11 Å². The maximum absolute atomic E-state index is 10.9. The van der Waals surface area contributed by atoms with Crippen LogP contribution < -0.4 is 0 Å². The second kappa shape index (κ2) is 10.3. The third kappa shape index (κ3) is 7.41. The van der Waals surface area contributed by atoms with Gasteiger partial charge in [0, 0.05) is 12.3 Å². The maximum Gasteiger partial charge on any atom is 0.321 e. The van der Waals surface area contributed by atoms with E-state index in [0.717, 1.165) is 18.7 Å². The fourth-order valence-electron chi connectivity index (χ4n) is 1.15. The van der Waals surface area contributed by atoms with Gasteiger partial charge in [-0.05, 0) is 30.7 Å². The molecule has 0 bridgehead atoms. The molecule has 3 nitrogen and oxygen atoms in total. The van der Waals surface area contributed by atoms with Crippen molar-refractivity contribution in [1.82, 2.24) is 4.31 Å². The molecule has 0 aliphatic heterocycles. The van der Waals surface area contributed by atoms with Gasteiger partial charge in [-0.1, -0.05) is 37.5 Å². The first kappa shape index (κ1) is 16.1. The summed E-state index contributed by atoms with van der Waals surface area (Å²) in [6, 6.07) is -0.399.